The Hall–Kier alpha value is -6.73. The largest absolute Gasteiger partial charge is 0.504 e. The van der Waals surface area contributed by atoms with Crippen LogP contribution in [0.15, 0.2) is 108 Å². The topological polar surface area (TPSA) is 216 Å². The molecule has 1 unspecified atom stereocenters. The monoisotopic (exact) mass is 1040 g/mol. The molecule has 4 fully saturated rings. The van der Waals surface area contributed by atoms with E-state index in [1.165, 1.54) is 29.5 Å². The number of benzene rings is 4. The van der Waals surface area contributed by atoms with Gasteiger partial charge in [-0.3, -0.25) is 24.7 Å². The molecule has 0 radical (unpaired) electrons. The summed E-state index contributed by atoms with van der Waals surface area (Å²) >= 11 is 0. The van der Waals surface area contributed by atoms with Crippen LogP contribution in [-0.4, -0.2) is 107 Å². The Morgan fingerprint density at radius 1 is 0.947 bits per heavy atom. The number of nitro benzene ring substituents is 1. The molecule has 0 bridgehead atoms. The number of hydrogen-bond donors (Lipinski definition) is 5. The maximum absolute atomic E-state index is 14.1. The average Bonchev–Trinajstić information content (AvgIpc) is 3.86. The number of ether oxygens (including phenoxy) is 2. The van der Waals surface area contributed by atoms with E-state index in [0.717, 1.165) is 100 Å². The van der Waals surface area contributed by atoms with Gasteiger partial charge in [0.05, 0.1) is 34.3 Å². The van der Waals surface area contributed by atoms with E-state index in [-0.39, 0.29) is 40.1 Å². The van der Waals surface area contributed by atoms with E-state index >= 15 is 0 Å². The Balaban J connectivity index is 0.831. The summed E-state index contributed by atoms with van der Waals surface area (Å²) < 4.78 is 41.6. The van der Waals surface area contributed by atoms with Crippen molar-refractivity contribution in [1.82, 2.24) is 24.5 Å². The van der Waals surface area contributed by atoms with Crippen LogP contribution >= 0.6 is 0 Å². The minimum absolute atomic E-state index is 0.0399. The molecule has 2 saturated heterocycles. The number of aromatic hydroxyl groups is 1. The highest BCUT2D eigenvalue weighted by molar-refractivity contribution is 7.90. The summed E-state index contributed by atoms with van der Waals surface area (Å²) in [6, 6.07) is 27.5. The van der Waals surface area contributed by atoms with Crippen LogP contribution in [0.2, 0.25) is 0 Å². The normalized spacial score (nSPS) is 21.5. The van der Waals surface area contributed by atoms with Crippen molar-refractivity contribution >= 4 is 44.0 Å². The fourth-order valence-corrected chi connectivity index (χ4v) is 13.0. The third kappa shape index (κ3) is 11.3. The number of pyridine rings is 1. The molecule has 1 atom stereocenters. The average molecular weight is 1040 g/mol. The van der Waals surface area contributed by atoms with Gasteiger partial charge in [-0.15, -0.1) is 0 Å². The number of phenolic OH excluding ortho intramolecular Hbond substituents is 1. The summed E-state index contributed by atoms with van der Waals surface area (Å²) in [5.41, 5.74) is 4.47. The quantitative estimate of drug-likeness (QED) is 0.0451. The number of fused-ring (bicyclic) bond motifs is 1. The van der Waals surface area contributed by atoms with E-state index in [2.05, 4.69) is 72.8 Å². The molecular weight excluding hydrogens is 973 g/mol. The molecule has 75 heavy (non-hydrogen) atoms. The number of phenols is 1. The van der Waals surface area contributed by atoms with E-state index in [1.54, 1.807) is 31.5 Å². The number of hydrogen-bond acceptors (Lipinski definition) is 14. The van der Waals surface area contributed by atoms with Gasteiger partial charge >= 0.3 is 0 Å². The van der Waals surface area contributed by atoms with Crippen molar-refractivity contribution in [3.8, 4) is 23.0 Å². The first kappa shape index (κ1) is 51.7. The number of H-pyrrole nitrogens is 1. The number of anilines is 2. The highest BCUT2D eigenvalue weighted by Gasteiger charge is 2.50. The van der Waals surface area contributed by atoms with Gasteiger partial charge in [-0.05, 0) is 141 Å². The van der Waals surface area contributed by atoms with Gasteiger partial charge < -0.3 is 34.9 Å². The lowest BCUT2D eigenvalue weighted by Crippen LogP contribution is -2.60. The van der Waals surface area contributed by atoms with Crippen molar-refractivity contribution in [2.24, 2.45) is 11.3 Å². The van der Waals surface area contributed by atoms with Gasteiger partial charge in [-0.25, -0.2) is 18.1 Å². The number of amides is 1. The van der Waals surface area contributed by atoms with Gasteiger partial charge in [-0.1, -0.05) is 44.2 Å². The van der Waals surface area contributed by atoms with E-state index in [4.69, 9.17) is 9.47 Å². The van der Waals surface area contributed by atoms with Crippen LogP contribution in [-0.2, 0) is 16.6 Å². The summed E-state index contributed by atoms with van der Waals surface area (Å²) in [6.07, 6.45) is 10.3. The number of piperazine rings is 1. The maximum Gasteiger partial charge on any atom is 0.293 e. The molecule has 2 aliphatic carbocycles. The molecule has 2 aliphatic heterocycles. The van der Waals surface area contributed by atoms with Gasteiger partial charge in [0.1, 0.15) is 22.8 Å². The fraction of sp³-hybridized carbons (Fsp3) is 0.439. The van der Waals surface area contributed by atoms with Gasteiger partial charge in [0.15, 0.2) is 11.5 Å². The Labute approximate surface area is 438 Å². The third-order valence-electron chi connectivity index (χ3n) is 16.4. The maximum atomic E-state index is 14.1. The lowest BCUT2D eigenvalue weighted by Gasteiger charge is -2.58. The van der Waals surface area contributed by atoms with Crippen molar-refractivity contribution in [1.29, 1.82) is 0 Å². The van der Waals surface area contributed by atoms with E-state index in [9.17, 15) is 33.5 Å². The minimum Gasteiger partial charge on any atom is -0.504 e. The second kappa shape index (κ2) is 21.1. The number of nitrogens with zero attached hydrogens (tertiary/aromatic N) is 5. The van der Waals surface area contributed by atoms with Crippen LogP contribution in [0.25, 0.3) is 11.0 Å². The summed E-state index contributed by atoms with van der Waals surface area (Å²) in [4.78, 5) is 40.4. The zero-order valence-corrected chi connectivity index (χ0v) is 43.9. The first-order chi connectivity index (χ1) is 35.9. The smallest absolute Gasteiger partial charge is 0.293 e. The number of nitro groups is 1. The second-order valence-corrected chi connectivity index (χ2v) is 23.6. The van der Waals surface area contributed by atoms with E-state index in [0.29, 0.717) is 48.5 Å². The van der Waals surface area contributed by atoms with E-state index in [1.807, 2.05) is 37.3 Å². The molecule has 5 N–H and O–H groups in total. The van der Waals surface area contributed by atoms with Crippen LogP contribution in [0.3, 0.4) is 0 Å². The van der Waals surface area contributed by atoms with Gasteiger partial charge in [-0.2, -0.15) is 0 Å². The van der Waals surface area contributed by atoms with Gasteiger partial charge in [0, 0.05) is 87.3 Å². The predicted octanol–water partition coefficient (Wildman–Crippen LogP) is 9.88. The molecule has 4 heterocycles. The number of sulfonamides is 1. The Morgan fingerprint density at radius 2 is 1.72 bits per heavy atom. The number of carbonyl (C=O) groups excluding carboxylic acids is 1. The molecule has 396 valence electrons. The molecule has 18 heteroatoms. The number of piperidine rings is 1. The number of carbonyl (C=O) groups is 1. The van der Waals surface area contributed by atoms with Crippen LogP contribution < -0.4 is 24.4 Å². The van der Waals surface area contributed by atoms with Gasteiger partial charge in [0.2, 0.25) is 0 Å². The minimum atomic E-state index is -4.60. The fourth-order valence-electron chi connectivity index (χ4n) is 12.0. The number of aromatic amines is 1. The number of nitrogens with one attached hydrogen (secondary N) is 3. The van der Waals surface area contributed by atoms with Crippen molar-refractivity contribution in [2.75, 3.05) is 56.6 Å². The van der Waals surface area contributed by atoms with Gasteiger partial charge in [0.25, 0.3) is 21.6 Å². The molecule has 4 aliphatic rings. The second-order valence-electron chi connectivity index (χ2n) is 21.9. The molecule has 17 nitrogen and oxygen atoms in total. The molecule has 4 aromatic carbocycles. The zero-order valence-electron chi connectivity index (χ0n) is 43.1. The highest BCUT2D eigenvalue weighted by atomic mass is 32.2. The number of aromatic nitrogens is 2. The summed E-state index contributed by atoms with van der Waals surface area (Å²) in [5, 5.41) is 37.0. The summed E-state index contributed by atoms with van der Waals surface area (Å²) in [5.74, 6) is 0.717. The molecule has 1 spiro atoms. The molecular formula is C57H68N8O9S. The predicted molar refractivity (Wildman–Crippen MR) is 288 cm³/mol. The zero-order chi connectivity index (χ0) is 52.6. The lowest BCUT2D eigenvalue weighted by molar-refractivity contribution is -0.384. The van der Waals surface area contributed by atoms with Crippen molar-refractivity contribution < 1.29 is 37.8 Å². The number of methoxy groups -OCH3 is 1. The SMILES string of the molecule is COc1ccc(CN2CCN(C3CC4(CCN(c5ccc(C(=O)NS(=O)(=O)c6ccc(NCC7CCC(C)(O)CC7)c([N+](=O)[O-])c6)c(Oc6cnc7[nH]ccc7c6)c5)CC4)C3)C(c3ccccc3C(C)C)C2)cc1O. The Morgan fingerprint density at radius 3 is 2.45 bits per heavy atom. The van der Waals surface area contributed by atoms with Crippen LogP contribution in [0, 0.1) is 21.4 Å². The van der Waals surface area contributed by atoms with E-state index < -0.39 is 37.0 Å². The number of aliphatic hydroxyl groups is 1. The highest BCUT2D eigenvalue weighted by Crippen LogP contribution is 2.53. The Kier molecular flexibility index (Phi) is 14.6. The summed E-state index contributed by atoms with van der Waals surface area (Å²) in [7, 11) is -3.04. The first-order valence-corrected chi connectivity index (χ1v) is 27.7. The third-order valence-corrected chi connectivity index (χ3v) is 17.7. The molecule has 10 rings (SSSR count). The first-order valence-electron chi connectivity index (χ1n) is 26.2. The van der Waals surface area contributed by atoms with Crippen molar-refractivity contribution in [3.05, 3.63) is 136 Å². The Bertz CT molecular complexity index is 3170. The summed E-state index contributed by atoms with van der Waals surface area (Å²) in [6.45, 7) is 11.8. The number of rotatable bonds is 16. The lowest BCUT2D eigenvalue weighted by atomic mass is 9.59. The van der Waals surface area contributed by atoms with Crippen LogP contribution in [0.5, 0.6) is 23.0 Å². The van der Waals surface area contributed by atoms with Crippen LogP contribution in [0.4, 0.5) is 17.1 Å². The van der Waals surface area contributed by atoms with Crippen molar-refractivity contribution in [2.45, 2.75) is 107 Å². The molecule has 1 amide bonds. The molecule has 2 aromatic heterocycles. The molecule has 6 aromatic rings. The van der Waals surface area contributed by atoms with Crippen molar-refractivity contribution in [3.63, 3.8) is 0 Å². The standard InChI is InChI=1S/C57H68N8O9S/c1-37(2)45-7-5-6-8-46(45)50-36-62(35-39-9-14-52(73-4)51(66)27-39)25-26-64(50)42-31-57(32-42)20-23-63(24-21-57)41-10-12-47(53(29-41)74-43-28-40-17-22-58-54(40)60-34-43)55(67)61-75(71,72)44-11-13-48(49(30-44)65(69)70)59-33-38-15-18-56(3,68)19-16-38/h5-14,17,22,27-30,34,37-38,42,50,59,66,68H,15-16,18-21,23-26,31-33,35-36H2,1-4H3,(H,58,60)(H,61,67). The van der Waals surface area contributed by atoms with Crippen LogP contribution in [0.1, 0.15) is 111 Å². The molecule has 2 saturated carbocycles.